The number of nitrogens with zero attached hydrogens (tertiary/aromatic N) is 2. The molecule has 0 unspecified atom stereocenters. The number of ether oxygens (including phenoxy) is 1. The Kier molecular flexibility index (Phi) is 4.03. The van der Waals surface area contributed by atoms with E-state index in [0.717, 1.165) is 24.2 Å². The number of piperidine rings is 1. The number of carbonyl (C=O) groups excluding carboxylic acids is 2. The van der Waals surface area contributed by atoms with E-state index >= 15 is 0 Å². The van der Waals surface area contributed by atoms with Crippen LogP contribution in [-0.4, -0.2) is 67.9 Å². The van der Waals surface area contributed by atoms with E-state index in [-0.39, 0.29) is 24.7 Å². The zero-order chi connectivity index (χ0) is 19.4. The second-order valence-electron chi connectivity index (χ2n) is 7.76. The first-order valence-electron chi connectivity index (χ1n) is 9.19. The van der Waals surface area contributed by atoms with Crippen LogP contribution in [0, 0.1) is 0 Å². The zero-order valence-corrected chi connectivity index (χ0v) is 16.4. The van der Waals surface area contributed by atoms with E-state index in [1.54, 1.807) is 19.1 Å². The average molecular weight is 392 g/mol. The summed E-state index contributed by atoms with van der Waals surface area (Å²) < 4.78 is 30.3. The first-order valence-corrected chi connectivity index (χ1v) is 10.8. The lowest BCUT2D eigenvalue weighted by molar-refractivity contribution is -0.136. The minimum atomic E-state index is -3.51. The number of hydrogen-bond acceptors (Lipinski definition) is 5. The van der Waals surface area contributed by atoms with Crippen molar-refractivity contribution in [2.45, 2.75) is 36.0 Å². The van der Waals surface area contributed by atoms with Crippen molar-refractivity contribution in [3.63, 3.8) is 0 Å². The highest BCUT2D eigenvalue weighted by molar-refractivity contribution is 7.93. The molecule has 1 spiro atoms. The van der Waals surface area contributed by atoms with E-state index in [4.69, 9.17) is 4.74 Å². The van der Waals surface area contributed by atoms with Gasteiger partial charge < -0.3 is 14.5 Å². The summed E-state index contributed by atoms with van der Waals surface area (Å²) in [7, 11) is -0.346. The fourth-order valence-corrected chi connectivity index (χ4v) is 6.61. The lowest BCUT2D eigenvalue weighted by Crippen LogP contribution is -2.56. The van der Waals surface area contributed by atoms with Gasteiger partial charge in [-0.2, -0.15) is 0 Å². The van der Waals surface area contributed by atoms with Gasteiger partial charge in [0, 0.05) is 33.0 Å². The van der Waals surface area contributed by atoms with Gasteiger partial charge in [0.15, 0.2) is 9.84 Å². The molecule has 0 radical (unpaired) electrons. The van der Waals surface area contributed by atoms with Gasteiger partial charge in [0.2, 0.25) is 11.8 Å². The highest BCUT2D eigenvalue weighted by atomic mass is 32.2. The maximum atomic E-state index is 13.2. The SMILES string of the molecule is COc1ccc(C2(C(=O)N3CCC4(CC3)N(C)C(=O)CS4(=O)=O)CC2)cc1. The Bertz CT molecular complexity index is 881. The van der Waals surface area contributed by atoms with Crippen molar-refractivity contribution in [1.29, 1.82) is 0 Å². The van der Waals surface area contributed by atoms with E-state index in [1.165, 1.54) is 4.90 Å². The summed E-state index contributed by atoms with van der Waals surface area (Å²) in [6.07, 6.45) is 2.16. The minimum absolute atomic E-state index is 0.0619. The molecule has 146 valence electrons. The Labute approximate surface area is 159 Å². The second kappa shape index (κ2) is 5.95. The molecule has 0 bridgehead atoms. The van der Waals surface area contributed by atoms with E-state index in [0.29, 0.717) is 13.1 Å². The van der Waals surface area contributed by atoms with E-state index < -0.39 is 25.9 Å². The molecule has 0 N–H and O–H groups in total. The number of benzene rings is 1. The monoisotopic (exact) mass is 392 g/mol. The number of carbonyl (C=O) groups is 2. The van der Waals surface area contributed by atoms with Crippen LogP contribution in [-0.2, 0) is 24.8 Å². The third-order valence-corrected chi connectivity index (χ3v) is 8.98. The van der Waals surface area contributed by atoms with Gasteiger partial charge in [-0.3, -0.25) is 9.59 Å². The van der Waals surface area contributed by atoms with Gasteiger partial charge in [0.1, 0.15) is 16.4 Å². The predicted molar refractivity (Wildman–Crippen MR) is 99.0 cm³/mol. The molecule has 0 atom stereocenters. The molecule has 0 aromatic heterocycles. The Balaban J connectivity index is 1.51. The third-order valence-electron chi connectivity index (χ3n) is 6.51. The van der Waals surface area contributed by atoms with Gasteiger partial charge in [-0.1, -0.05) is 12.1 Å². The molecule has 2 saturated heterocycles. The summed E-state index contributed by atoms with van der Waals surface area (Å²) in [6.45, 7) is 0.710. The van der Waals surface area contributed by atoms with Crippen LogP contribution < -0.4 is 4.74 Å². The fourth-order valence-electron chi connectivity index (χ4n) is 4.50. The molecule has 27 heavy (non-hydrogen) atoms. The van der Waals surface area contributed by atoms with E-state index in [1.807, 2.05) is 24.3 Å². The molecule has 1 aliphatic carbocycles. The van der Waals surface area contributed by atoms with Crippen LogP contribution in [0.15, 0.2) is 24.3 Å². The molecule has 3 aliphatic rings. The van der Waals surface area contributed by atoms with Crippen LogP contribution in [0.5, 0.6) is 5.75 Å². The smallest absolute Gasteiger partial charge is 0.238 e. The summed E-state index contributed by atoms with van der Waals surface area (Å²) in [5, 5.41) is 0. The predicted octanol–water partition coefficient (Wildman–Crippen LogP) is 0.932. The van der Waals surface area contributed by atoms with E-state index in [9.17, 15) is 18.0 Å². The van der Waals surface area contributed by atoms with Gasteiger partial charge in [-0.15, -0.1) is 0 Å². The standard InChI is InChI=1S/C19H24N2O5S/c1-20-16(22)13-27(24,25)19(20)9-11-21(12-10-19)17(23)18(7-8-18)14-3-5-15(26-2)6-4-14/h3-6H,7-13H2,1-2H3. The first-order chi connectivity index (χ1) is 12.8. The van der Waals surface area contributed by atoms with Gasteiger partial charge >= 0.3 is 0 Å². The molecule has 1 aromatic carbocycles. The third kappa shape index (κ3) is 2.56. The van der Waals surface area contributed by atoms with Gasteiger partial charge in [0.05, 0.1) is 12.5 Å². The van der Waals surface area contributed by atoms with Crippen molar-refractivity contribution in [2.24, 2.45) is 0 Å². The van der Waals surface area contributed by atoms with Crippen molar-refractivity contribution < 1.29 is 22.7 Å². The molecule has 2 aliphatic heterocycles. The van der Waals surface area contributed by atoms with Gasteiger partial charge in [-0.05, 0) is 30.5 Å². The normalized spacial score (nSPS) is 24.9. The van der Waals surface area contributed by atoms with Crippen molar-refractivity contribution in [1.82, 2.24) is 9.80 Å². The molecule has 1 aromatic rings. The molecular weight excluding hydrogens is 368 g/mol. The molecule has 2 heterocycles. The average Bonchev–Trinajstić information content (AvgIpc) is 3.45. The molecule has 3 fully saturated rings. The van der Waals surface area contributed by atoms with Crippen LogP contribution in [0.4, 0.5) is 0 Å². The van der Waals surface area contributed by atoms with Crippen LogP contribution in [0.3, 0.4) is 0 Å². The van der Waals surface area contributed by atoms with Crippen LogP contribution >= 0.6 is 0 Å². The van der Waals surface area contributed by atoms with E-state index in [2.05, 4.69) is 0 Å². The number of methoxy groups -OCH3 is 1. The highest BCUT2D eigenvalue weighted by Gasteiger charge is 2.59. The largest absolute Gasteiger partial charge is 0.497 e. The molecule has 4 rings (SSSR count). The number of hydrogen-bond donors (Lipinski definition) is 0. The summed E-state index contributed by atoms with van der Waals surface area (Å²) in [6, 6.07) is 7.59. The lowest BCUT2D eigenvalue weighted by Gasteiger charge is -2.42. The lowest BCUT2D eigenvalue weighted by atomic mass is 9.92. The number of rotatable bonds is 3. The molecular formula is C19H24N2O5S. The summed E-state index contributed by atoms with van der Waals surface area (Å²) >= 11 is 0. The maximum absolute atomic E-state index is 13.2. The quantitative estimate of drug-likeness (QED) is 0.764. The Morgan fingerprint density at radius 2 is 1.67 bits per heavy atom. The number of likely N-dealkylation sites (tertiary alicyclic amines) is 1. The summed E-state index contributed by atoms with van der Waals surface area (Å²) in [5.41, 5.74) is 0.488. The maximum Gasteiger partial charge on any atom is 0.238 e. The Morgan fingerprint density at radius 3 is 2.11 bits per heavy atom. The Hall–Kier alpha value is -2.09. The number of amides is 2. The highest BCUT2D eigenvalue weighted by Crippen LogP contribution is 2.51. The van der Waals surface area contributed by atoms with Crippen molar-refractivity contribution in [3.8, 4) is 5.75 Å². The number of sulfone groups is 1. The van der Waals surface area contributed by atoms with Crippen LogP contribution in [0.25, 0.3) is 0 Å². The first kappa shape index (κ1) is 18.3. The fraction of sp³-hybridized carbons (Fsp3) is 0.579. The van der Waals surface area contributed by atoms with Crippen LogP contribution in [0.2, 0.25) is 0 Å². The van der Waals surface area contributed by atoms with Crippen LogP contribution in [0.1, 0.15) is 31.2 Å². The summed E-state index contributed by atoms with van der Waals surface area (Å²) in [5.74, 6) is 0.0346. The zero-order valence-electron chi connectivity index (χ0n) is 15.6. The molecule has 2 amide bonds. The topological polar surface area (TPSA) is 84.0 Å². The van der Waals surface area contributed by atoms with Crippen molar-refractivity contribution in [3.05, 3.63) is 29.8 Å². The minimum Gasteiger partial charge on any atom is -0.497 e. The summed E-state index contributed by atoms with van der Waals surface area (Å²) in [4.78, 5) is 27.2. The molecule has 7 nitrogen and oxygen atoms in total. The van der Waals surface area contributed by atoms with Gasteiger partial charge in [0.25, 0.3) is 0 Å². The molecule has 1 saturated carbocycles. The van der Waals surface area contributed by atoms with Crippen molar-refractivity contribution >= 4 is 21.7 Å². The van der Waals surface area contributed by atoms with Crippen molar-refractivity contribution in [2.75, 3.05) is 33.0 Å². The Morgan fingerprint density at radius 1 is 1.07 bits per heavy atom. The molecule has 8 heteroatoms. The van der Waals surface area contributed by atoms with Gasteiger partial charge in [-0.25, -0.2) is 8.42 Å². The second-order valence-corrected chi connectivity index (χ2v) is 10.0.